The Balaban J connectivity index is 4.88. The van der Waals surface area contributed by atoms with Crippen LogP contribution in [0.2, 0.25) is 0 Å². The fraction of sp³-hybridized carbons (Fsp3) is 0.714. The summed E-state index contributed by atoms with van der Waals surface area (Å²) in [5.74, 6) is -2.57. The highest BCUT2D eigenvalue weighted by Gasteiger charge is 2.27. The molecule has 7 nitrogen and oxygen atoms in total. The number of nitrogens with one attached hydrogen (secondary N) is 2. The molecule has 3 N–H and O–H groups in total. The van der Waals surface area contributed by atoms with E-state index >= 15 is 0 Å². The Kier molecular flexibility index (Phi) is 9.48. The quantitative estimate of drug-likeness (QED) is 0.500. The lowest BCUT2D eigenvalue weighted by Gasteiger charge is -2.22. The number of carbonyl (C=O) groups excluding carboxylic acids is 3. The molecule has 0 bridgehead atoms. The van der Waals surface area contributed by atoms with Crippen LogP contribution in [-0.4, -0.2) is 52.8 Å². The number of thioether (sulfide) groups is 1. The normalized spacial score (nSPS) is 13.3. The zero-order chi connectivity index (χ0) is 17.3. The van der Waals surface area contributed by atoms with E-state index in [1.54, 1.807) is 0 Å². The van der Waals surface area contributed by atoms with E-state index in [9.17, 15) is 19.2 Å². The van der Waals surface area contributed by atoms with Crippen LogP contribution in [0.15, 0.2) is 0 Å². The third kappa shape index (κ3) is 8.02. The number of amides is 2. The maximum Gasteiger partial charge on any atom is 0.326 e. The molecular weight excluding hydrogens is 308 g/mol. The molecule has 0 aromatic heterocycles. The maximum absolute atomic E-state index is 12.2. The van der Waals surface area contributed by atoms with Crippen LogP contribution in [0.3, 0.4) is 0 Å². The maximum atomic E-state index is 12.2. The summed E-state index contributed by atoms with van der Waals surface area (Å²) in [5, 5.41) is 13.9. The molecule has 0 aliphatic rings. The zero-order valence-electron chi connectivity index (χ0n) is 13.3. The highest BCUT2D eigenvalue weighted by atomic mass is 32.2. The topological polar surface area (TPSA) is 113 Å². The van der Waals surface area contributed by atoms with Crippen molar-refractivity contribution in [3.63, 3.8) is 0 Å². The molecule has 22 heavy (non-hydrogen) atoms. The van der Waals surface area contributed by atoms with E-state index in [0.717, 1.165) is 6.92 Å². The van der Waals surface area contributed by atoms with Gasteiger partial charge in [-0.05, 0) is 30.8 Å². The van der Waals surface area contributed by atoms with Gasteiger partial charge < -0.3 is 15.7 Å². The summed E-state index contributed by atoms with van der Waals surface area (Å²) in [6.07, 6.45) is 2.45. The molecule has 0 radical (unpaired) electrons. The molecule has 0 rings (SSSR count). The number of carboxylic acid groups (broad SMARTS) is 1. The van der Waals surface area contributed by atoms with Gasteiger partial charge in [0.2, 0.25) is 11.7 Å². The number of hydrogen-bond donors (Lipinski definition) is 3. The van der Waals surface area contributed by atoms with Gasteiger partial charge in [-0.25, -0.2) is 4.79 Å². The van der Waals surface area contributed by atoms with Crippen molar-refractivity contribution in [2.24, 2.45) is 5.92 Å². The predicted molar refractivity (Wildman–Crippen MR) is 84.6 cm³/mol. The summed E-state index contributed by atoms with van der Waals surface area (Å²) in [7, 11) is 0. The number of carbonyl (C=O) groups is 4. The molecule has 0 saturated heterocycles. The first-order valence-electron chi connectivity index (χ1n) is 7.02. The van der Waals surface area contributed by atoms with Crippen molar-refractivity contribution in [2.45, 2.75) is 45.7 Å². The predicted octanol–water partition coefficient (Wildman–Crippen LogP) is 0.429. The summed E-state index contributed by atoms with van der Waals surface area (Å²) in [5.41, 5.74) is 0. The number of carboxylic acids is 1. The lowest BCUT2D eigenvalue weighted by Crippen LogP contribution is -2.53. The first kappa shape index (κ1) is 20.4. The molecule has 126 valence electrons. The summed E-state index contributed by atoms with van der Waals surface area (Å²) < 4.78 is 0. The Morgan fingerprint density at radius 2 is 1.68 bits per heavy atom. The lowest BCUT2D eigenvalue weighted by molar-refractivity contribution is -0.143. The Bertz CT molecular complexity index is 425. The van der Waals surface area contributed by atoms with Gasteiger partial charge >= 0.3 is 5.97 Å². The molecule has 0 fully saturated rings. The summed E-state index contributed by atoms with van der Waals surface area (Å²) >= 11 is 1.48. The average molecular weight is 332 g/mol. The van der Waals surface area contributed by atoms with Gasteiger partial charge in [0.05, 0.1) is 0 Å². The second kappa shape index (κ2) is 10.2. The molecule has 0 aliphatic heterocycles. The van der Waals surface area contributed by atoms with Gasteiger partial charge in [0.15, 0.2) is 0 Å². The minimum absolute atomic E-state index is 0.0949. The van der Waals surface area contributed by atoms with E-state index in [0.29, 0.717) is 12.2 Å². The molecule has 0 aliphatic carbocycles. The highest BCUT2D eigenvalue weighted by Crippen LogP contribution is 2.07. The molecular formula is C14H24N2O5S. The number of rotatable bonds is 10. The molecule has 0 saturated carbocycles. The Morgan fingerprint density at radius 1 is 1.09 bits per heavy atom. The molecule has 0 unspecified atom stereocenters. The lowest BCUT2D eigenvalue weighted by atomic mass is 10.0. The van der Waals surface area contributed by atoms with Crippen LogP contribution in [0.4, 0.5) is 0 Å². The van der Waals surface area contributed by atoms with Gasteiger partial charge in [0.25, 0.3) is 5.91 Å². The number of Topliss-reactive ketones (excluding diaryl/α,β-unsaturated/α-hetero) is 1. The average Bonchev–Trinajstić information content (AvgIpc) is 2.41. The standard InChI is InChI=1S/C14H24N2O5S/c1-8(2)7-11(16-12(18)9(3)17)13(19)15-10(14(20)21)5-6-22-4/h8,10-11H,5-7H2,1-4H3,(H,15,19)(H,16,18)(H,20,21)/t10-,11-/m0/s1. The van der Waals surface area contributed by atoms with Crippen LogP contribution < -0.4 is 10.6 Å². The van der Waals surface area contributed by atoms with Crippen LogP contribution in [0.5, 0.6) is 0 Å². The number of hydrogen-bond acceptors (Lipinski definition) is 5. The van der Waals surface area contributed by atoms with Crippen molar-refractivity contribution in [2.75, 3.05) is 12.0 Å². The van der Waals surface area contributed by atoms with Gasteiger partial charge in [0, 0.05) is 6.92 Å². The van der Waals surface area contributed by atoms with Crippen LogP contribution in [0, 0.1) is 5.92 Å². The van der Waals surface area contributed by atoms with Crippen molar-refractivity contribution in [1.82, 2.24) is 10.6 Å². The van der Waals surface area contributed by atoms with Gasteiger partial charge in [-0.3, -0.25) is 14.4 Å². The SMILES string of the molecule is CSCC[C@H](NC(=O)[C@H](CC(C)C)NC(=O)C(C)=O)C(=O)O. The van der Waals surface area contributed by atoms with Crippen LogP contribution in [-0.2, 0) is 19.2 Å². The van der Waals surface area contributed by atoms with Crippen molar-refractivity contribution in [1.29, 1.82) is 0 Å². The van der Waals surface area contributed by atoms with Crippen LogP contribution in [0.25, 0.3) is 0 Å². The van der Waals surface area contributed by atoms with E-state index in [1.807, 2.05) is 20.1 Å². The van der Waals surface area contributed by atoms with E-state index in [4.69, 9.17) is 5.11 Å². The fourth-order valence-corrected chi connectivity index (χ4v) is 2.20. The van der Waals surface area contributed by atoms with Crippen molar-refractivity contribution in [3.05, 3.63) is 0 Å². The molecule has 0 heterocycles. The summed E-state index contributed by atoms with van der Waals surface area (Å²) in [6.45, 7) is 4.84. The first-order valence-corrected chi connectivity index (χ1v) is 8.42. The van der Waals surface area contributed by atoms with Crippen molar-refractivity contribution in [3.8, 4) is 0 Å². The van der Waals surface area contributed by atoms with Gasteiger partial charge in [-0.1, -0.05) is 13.8 Å². The molecule has 0 aromatic carbocycles. The van der Waals surface area contributed by atoms with Crippen molar-refractivity contribution < 1.29 is 24.3 Å². The van der Waals surface area contributed by atoms with Gasteiger partial charge in [0.1, 0.15) is 12.1 Å². The minimum atomic E-state index is -1.12. The van der Waals surface area contributed by atoms with E-state index in [1.165, 1.54) is 11.8 Å². The smallest absolute Gasteiger partial charge is 0.326 e. The minimum Gasteiger partial charge on any atom is -0.480 e. The molecule has 2 amide bonds. The second-order valence-electron chi connectivity index (χ2n) is 5.39. The van der Waals surface area contributed by atoms with Gasteiger partial charge in [-0.2, -0.15) is 11.8 Å². The van der Waals surface area contributed by atoms with E-state index in [-0.39, 0.29) is 12.3 Å². The number of aliphatic carboxylic acids is 1. The van der Waals surface area contributed by atoms with Gasteiger partial charge in [-0.15, -0.1) is 0 Å². The molecule has 8 heteroatoms. The van der Waals surface area contributed by atoms with Crippen LogP contribution >= 0.6 is 11.8 Å². The Labute approximate surface area is 134 Å². The van der Waals surface area contributed by atoms with E-state index < -0.39 is 35.7 Å². The largest absolute Gasteiger partial charge is 0.480 e. The third-order valence-electron chi connectivity index (χ3n) is 2.87. The van der Waals surface area contributed by atoms with Crippen molar-refractivity contribution >= 4 is 35.3 Å². The molecule has 0 aromatic rings. The monoisotopic (exact) mass is 332 g/mol. The summed E-state index contributed by atoms with van der Waals surface area (Å²) in [6, 6.07) is -1.93. The third-order valence-corrected chi connectivity index (χ3v) is 3.52. The second-order valence-corrected chi connectivity index (χ2v) is 6.38. The summed E-state index contributed by atoms with van der Waals surface area (Å²) in [4.78, 5) is 45.8. The highest BCUT2D eigenvalue weighted by molar-refractivity contribution is 7.98. The Hall–Kier alpha value is -1.57. The molecule has 2 atom stereocenters. The van der Waals surface area contributed by atoms with E-state index in [2.05, 4.69) is 10.6 Å². The fourth-order valence-electron chi connectivity index (χ4n) is 1.73. The molecule has 0 spiro atoms. The zero-order valence-corrected chi connectivity index (χ0v) is 14.2. The Morgan fingerprint density at radius 3 is 2.09 bits per heavy atom. The number of ketones is 1. The van der Waals surface area contributed by atoms with Crippen LogP contribution in [0.1, 0.15) is 33.6 Å². The first-order chi connectivity index (χ1) is 10.2.